The molecule has 0 unspecified atom stereocenters. The van der Waals surface area contributed by atoms with E-state index in [2.05, 4.69) is 65.0 Å². The summed E-state index contributed by atoms with van der Waals surface area (Å²) in [5.74, 6) is 0. The molecule has 19 heavy (non-hydrogen) atoms. The minimum absolute atomic E-state index is 0.215. The Kier molecular flexibility index (Phi) is 2.60. The Labute approximate surface area is 116 Å². The molecule has 0 N–H and O–H groups in total. The van der Waals surface area contributed by atoms with E-state index in [9.17, 15) is 0 Å². The molecule has 1 aliphatic carbocycles. The van der Waals surface area contributed by atoms with Gasteiger partial charge in [0.1, 0.15) is 0 Å². The summed E-state index contributed by atoms with van der Waals surface area (Å²) in [7, 11) is 0. The molecule has 0 saturated heterocycles. The number of fused-ring (bicyclic) bond motifs is 3. The van der Waals surface area contributed by atoms with Gasteiger partial charge in [-0.05, 0) is 59.1 Å². The van der Waals surface area contributed by atoms with Crippen LogP contribution in [-0.2, 0) is 11.8 Å². The summed E-state index contributed by atoms with van der Waals surface area (Å²) in [6.45, 7) is 11.3. The number of benzene rings is 2. The average Bonchev–Trinajstić information content (AvgIpc) is 2.62. The van der Waals surface area contributed by atoms with Crippen LogP contribution in [0.15, 0.2) is 30.3 Å². The fourth-order valence-corrected chi connectivity index (χ4v) is 3.31. The fraction of sp³-hybridized carbons (Fsp3) is 0.368. The topological polar surface area (TPSA) is 0 Å². The van der Waals surface area contributed by atoms with Crippen molar-refractivity contribution in [3.8, 4) is 11.1 Å². The molecule has 0 heteroatoms. The van der Waals surface area contributed by atoms with Gasteiger partial charge in [0.15, 0.2) is 0 Å². The normalized spacial score (nSPS) is 13.3. The van der Waals surface area contributed by atoms with Crippen molar-refractivity contribution < 1.29 is 0 Å². The molecule has 0 spiro atoms. The van der Waals surface area contributed by atoms with E-state index >= 15 is 0 Å². The molecule has 0 radical (unpaired) electrons. The molecule has 98 valence electrons. The molecule has 2 aromatic carbocycles. The van der Waals surface area contributed by atoms with Crippen molar-refractivity contribution in [1.29, 1.82) is 0 Å². The predicted molar refractivity (Wildman–Crippen MR) is 82.9 cm³/mol. The SMILES string of the molecule is Cc1ccc2c(c1)Cc1cc(C)c(C(C)(C)C)cc1-2. The Morgan fingerprint density at radius 3 is 2.21 bits per heavy atom. The fourth-order valence-electron chi connectivity index (χ4n) is 3.31. The molecule has 3 rings (SSSR count). The van der Waals surface area contributed by atoms with E-state index in [0.29, 0.717) is 0 Å². The third kappa shape index (κ3) is 2.00. The minimum atomic E-state index is 0.215. The summed E-state index contributed by atoms with van der Waals surface area (Å²) < 4.78 is 0. The molecule has 1 aliphatic rings. The van der Waals surface area contributed by atoms with E-state index in [1.807, 2.05) is 0 Å². The van der Waals surface area contributed by atoms with Crippen LogP contribution < -0.4 is 0 Å². The molecule has 0 fully saturated rings. The Bertz CT molecular complexity index is 654. The second-order valence-corrected chi connectivity index (χ2v) is 6.91. The van der Waals surface area contributed by atoms with Gasteiger partial charge < -0.3 is 0 Å². The highest BCUT2D eigenvalue weighted by atomic mass is 14.3. The quantitative estimate of drug-likeness (QED) is 0.516. The van der Waals surface area contributed by atoms with Crippen LogP contribution in [0.4, 0.5) is 0 Å². The third-order valence-corrected chi connectivity index (χ3v) is 4.19. The standard InChI is InChI=1S/C19H22/c1-12-6-7-16-14(8-12)10-15-9-13(2)18(11-17(15)16)19(3,4)5/h6-9,11H,10H2,1-5H3. The van der Waals surface area contributed by atoms with Crippen molar-refractivity contribution in [1.82, 2.24) is 0 Å². The maximum absolute atomic E-state index is 2.42. The van der Waals surface area contributed by atoms with Crippen LogP contribution in [0.1, 0.15) is 48.6 Å². The second kappa shape index (κ2) is 3.96. The molecule has 0 bridgehead atoms. The van der Waals surface area contributed by atoms with Gasteiger partial charge in [-0.15, -0.1) is 0 Å². The molecule has 0 nitrogen and oxygen atoms in total. The van der Waals surface area contributed by atoms with E-state index in [4.69, 9.17) is 0 Å². The van der Waals surface area contributed by atoms with Gasteiger partial charge in [-0.2, -0.15) is 0 Å². The highest BCUT2D eigenvalue weighted by molar-refractivity contribution is 5.78. The summed E-state index contributed by atoms with van der Waals surface area (Å²) in [6, 6.07) is 11.7. The molecule has 0 heterocycles. The van der Waals surface area contributed by atoms with E-state index in [1.54, 1.807) is 0 Å². The van der Waals surface area contributed by atoms with Gasteiger partial charge >= 0.3 is 0 Å². The van der Waals surface area contributed by atoms with E-state index in [-0.39, 0.29) is 5.41 Å². The van der Waals surface area contributed by atoms with Crippen molar-refractivity contribution in [3.05, 3.63) is 58.1 Å². The Morgan fingerprint density at radius 1 is 0.842 bits per heavy atom. The first-order valence-corrected chi connectivity index (χ1v) is 7.10. The summed E-state index contributed by atoms with van der Waals surface area (Å²) >= 11 is 0. The van der Waals surface area contributed by atoms with Crippen LogP contribution in [0, 0.1) is 13.8 Å². The lowest BCUT2D eigenvalue weighted by atomic mass is 9.82. The lowest BCUT2D eigenvalue weighted by Crippen LogP contribution is -2.13. The van der Waals surface area contributed by atoms with Crippen LogP contribution in [0.5, 0.6) is 0 Å². The summed E-state index contributed by atoms with van der Waals surface area (Å²) in [5, 5.41) is 0. The van der Waals surface area contributed by atoms with E-state index < -0.39 is 0 Å². The lowest BCUT2D eigenvalue weighted by Gasteiger charge is -2.23. The number of hydrogen-bond acceptors (Lipinski definition) is 0. The van der Waals surface area contributed by atoms with Crippen LogP contribution in [0.3, 0.4) is 0 Å². The van der Waals surface area contributed by atoms with Crippen LogP contribution in [-0.4, -0.2) is 0 Å². The van der Waals surface area contributed by atoms with Gasteiger partial charge in [-0.1, -0.05) is 56.7 Å². The number of aryl methyl sites for hydroxylation is 2. The number of rotatable bonds is 0. The highest BCUT2D eigenvalue weighted by Gasteiger charge is 2.23. The molecule has 0 amide bonds. The molecule has 0 aromatic heterocycles. The van der Waals surface area contributed by atoms with Gasteiger partial charge in [0.25, 0.3) is 0 Å². The van der Waals surface area contributed by atoms with Crippen molar-refractivity contribution in [2.24, 2.45) is 0 Å². The zero-order valence-corrected chi connectivity index (χ0v) is 12.6. The Hall–Kier alpha value is -1.56. The first-order valence-electron chi connectivity index (χ1n) is 7.10. The average molecular weight is 250 g/mol. The maximum atomic E-state index is 2.42. The zero-order chi connectivity index (χ0) is 13.8. The van der Waals surface area contributed by atoms with E-state index in [0.717, 1.165) is 6.42 Å². The molecule has 0 aliphatic heterocycles. The van der Waals surface area contributed by atoms with Crippen LogP contribution in [0.25, 0.3) is 11.1 Å². The molecule has 0 atom stereocenters. The summed E-state index contributed by atoms with van der Waals surface area (Å²) in [6.07, 6.45) is 1.09. The van der Waals surface area contributed by atoms with Gasteiger partial charge in [-0.25, -0.2) is 0 Å². The minimum Gasteiger partial charge on any atom is -0.0587 e. The van der Waals surface area contributed by atoms with E-state index in [1.165, 1.54) is 38.9 Å². The largest absolute Gasteiger partial charge is 0.0587 e. The third-order valence-electron chi connectivity index (χ3n) is 4.19. The molecular weight excluding hydrogens is 228 g/mol. The first-order chi connectivity index (χ1) is 8.86. The van der Waals surface area contributed by atoms with Crippen molar-refractivity contribution >= 4 is 0 Å². The highest BCUT2D eigenvalue weighted by Crippen LogP contribution is 2.40. The van der Waals surface area contributed by atoms with Gasteiger partial charge in [-0.3, -0.25) is 0 Å². The monoisotopic (exact) mass is 250 g/mol. The summed E-state index contributed by atoms with van der Waals surface area (Å²) in [4.78, 5) is 0. The van der Waals surface area contributed by atoms with Gasteiger partial charge in [0.2, 0.25) is 0 Å². The molecule has 0 saturated carbocycles. The van der Waals surface area contributed by atoms with Crippen molar-refractivity contribution in [2.45, 2.75) is 46.5 Å². The second-order valence-electron chi connectivity index (χ2n) is 6.91. The first kappa shape index (κ1) is 12.5. The molecular formula is C19H22. The molecule has 2 aromatic rings. The van der Waals surface area contributed by atoms with Crippen molar-refractivity contribution in [3.63, 3.8) is 0 Å². The number of hydrogen-bond donors (Lipinski definition) is 0. The maximum Gasteiger partial charge on any atom is -0.00133 e. The summed E-state index contributed by atoms with van der Waals surface area (Å²) in [5.41, 5.74) is 10.3. The van der Waals surface area contributed by atoms with Crippen LogP contribution in [0.2, 0.25) is 0 Å². The van der Waals surface area contributed by atoms with Crippen molar-refractivity contribution in [2.75, 3.05) is 0 Å². The zero-order valence-electron chi connectivity index (χ0n) is 12.6. The smallest absolute Gasteiger partial charge is 0.00133 e. The predicted octanol–water partition coefficient (Wildman–Crippen LogP) is 5.17. The Balaban J connectivity index is 2.22. The van der Waals surface area contributed by atoms with Crippen LogP contribution >= 0.6 is 0 Å². The van der Waals surface area contributed by atoms with Gasteiger partial charge in [0, 0.05) is 0 Å². The van der Waals surface area contributed by atoms with Gasteiger partial charge in [0.05, 0.1) is 0 Å². The lowest BCUT2D eigenvalue weighted by molar-refractivity contribution is 0.586. The Morgan fingerprint density at radius 2 is 1.53 bits per heavy atom.